The minimum absolute atomic E-state index is 0.0264. The predicted molar refractivity (Wildman–Crippen MR) is 304 cm³/mol. The fourth-order valence-electron chi connectivity index (χ4n) is 7.73. The van der Waals surface area contributed by atoms with Crippen molar-refractivity contribution in [3.8, 4) is 0 Å². The molecule has 1 amide bonds. The molecule has 0 aliphatic carbocycles. The minimum Gasteiger partial charge on any atom is -0.456 e. The van der Waals surface area contributed by atoms with Crippen molar-refractivity contribution in [2.24, 2.45) is 0 Å². The number of unbranched alkanes of at least 4 members (excludes halogenated alkanes) is 25. The quantitative estimate of drug-likeness (QED) is 0.0156. The molecule has 0 aliphatic heterocycles. The first-order valence-electron chi connectivity index (χ1n) is 28.6. The second kappa shape index (κ2) is 50.5. The Labute approximate surface area is 437 Å². The Morgan fingerprint density at radius 3 is 1.41 bits per heavy atom. The number of nitrogens with zero attached hydrogens (tertiary/aromatic N) is 1. The van der Waals surface area contributed by atoms with Gasteiger partial charge in [0.2, 0.25) is 5.91 Å². The fraction of sp³-hybridized carbons (Fsp3) is 0.705. The molecule has 10 heteroatoms. The van der Waals surface area contributed by atoms with Crippen molar-refractivity contribution >= 4 is 19.7 Å². The van der Waals surface area contributed by atoms with Crippen molar-refractivity contribution in [2.45, 2.75) is 238 Å². The van der Waals surface area contributed by atoms with Gasteiger partial charge in [0.05, 0.1) is 33.8 Å². The van der Waals surface area contributed by atoms with Gasteiger partial charge in [0.1, 0.15) is 19.3 Å². The molecule has 2 N–H and O–H groups in total. The molecular weight excluding hydrogens is 904 g/mol. The molecule has 3 unspecified atom stereocenters. The highest BCUT2D eigenvalue weighted by molar-refractivity contribution is 7.47. The summed E-state index contributed by atoms with van der Waals surface area (Å²) >= 11 is 0. The van der Waals surface area contributed by atoms with Gasteiger partial charge in [-0.1, -0.05) is 234 Å². The molecule has 0 saturated heterocycles. The number of hydrogen-bond acceptors (Lipinski definition) is 6. The van der Waals surface area contributed by atoms with Gasteiger partial charge in [-0.2, -0.15) is 0 Å². The number of rotatable bonds is 50. The molecule has 0 spiro atoms. The van der Waals surface area contributed by atoms with E-state index in [2.05, 4.69) is 50.4 Å². The lowest BCUT2D eigenvalue weighted by Gasteiger charge is -2.27. The van der Waals surface area contributed by atoms with Crippen molar-refractivity contribution in [3.63, 3.8) is 0 Å². The molecule has 9 nitrogen and oxygen atoms in total. The predicted octanol–water partition coefficient (Wildman–Crippen LogP) is 17.2. The Balaban J connectivity index is 5.47. The summed E-state index contributed by atoms with van der Waals surface area (Å²) in [7, 11) is 1.45. The van der Waals surface area contributed by atoms with E-state index in [1.165, 1.54) is 103 Å². The number of amides is 1. The van der Waals surface area contributed by atoms with Gasteiger partial charge in [0.15, 0.2) is 0 Å². The van der Waals surface area contributed by atoms with Gasteiger partial charge in [-0.05, 0) is 76.7 Å². The molecule has 0 aromatic carbocycles. The standard InChI is InChI=1S/C61H107N2O7P/c1-7-10-13-16-19-22-25-28-30-32-34-36-39-42-45-48-51-54-61(65)70-59(52-49-46-43-40-37-27-24-21-18-15-12-9-3)58(57-69-71(66,67)68-56-55-63(4,5)6)62-60(64)53-50-47-44-41-38-35-33-31-29-26-23-20-17-14-11-8-2/h10,13,16,19,22,25,28,30-34,36,39,49,52,58-59H,7-9,11-12,14-15,17-18,20-21,23-24,26-27,29,35,37-38,40-48,50-51,53-57H2,1-6H3,(H-,62,64,66,67)/p+1/b13-10-,19-16+,25-22+,30-28-,33-31+,34-32+,39-36+,52-49+. The zero-order valence-corrected chi connectivity index (χ0v) is 47.3. The fourth-order valence-corrected chi connectivity index (χ4v) is 8.47. The summed E-state index contributed by atoms with van der Waals surface area (Å²) in [6.07, 6.45) is 66.8. The number of nitrogens with one attached hydrogen (secondary N) is 1. The molecule has 3 atom stereocenters. The van der Waals surface area contributed by atoms with Gasteiger partial charge in [0.25, 0.3) is 0 Å². The van der Waals surface area contributed by atoms with Crippen LogP contribution >= 0.6 is 7.82 Å². The summed E-state index contributed by atoms with van der Waals surface area (Å²) in [6, 6.07) is -0.875. The summed E-state index contributed by atoms with van der Waals surface area (Å²) in [6.45, 7) is 6.81. The van der Waals surface area contributed by atoms with E-state index in [0.29, 0.717) is 23.9 Å². The molecule has 71 heavy (non-hydrogen) atoms. The maximum absolute atomic E-state index is 13.5. The third-order valence-electron chi connectivity index (χ3n) is 12.2. The minimum atomic E-state index is -4.46. The number of carbonyl (C=O) groups is 2. The molecule has 0 aromatic heterocycles. The van der Waals surface area contributed by atoms with E-state index in [1.54, 1.807) is 0 Å². The summed E-state index contributed by atoms with van der Waals surface area (Å²) < 4.78 is 30.6. The van der Waals surface area contributed by atoms with Crippen LogP contribution in [0.25, 0.3) is 0 Å². The zero-order valence-electron chi connectivity index (χ0n) is 46.4. The number of quaternary nitrogens is 1. The van der Waals surface area contributed by atoms with Gasteiger partial charge in [-0.25, -0.2) is 4.57 Å². The Morgan fingerprint density at radius 2 is 0.915 bits per heavy atom. The topological polar surface area (TPSA) is 111 Å². The van der Waals surface area contributed by atoms with Crippen molar-refractivity contribution in [2.75, 3.05) is 40.9 Å². The highest BCUT2D eigenvalue weighted by Crippen LogP contribution is 2.43. The van der Waals surface area contributed by atoms with Crippen LogP contribution in [0.2, 0.25) is 0 Å². The van der Waals surface area contributed by atoms with Gasteiger partial charge in [0, 0.05) is 12.8 Å². The number of phosphoric acid groups is 1. The van der Waals surface area contributed by atoms with E-state index >= 15 is 0 Å². The largest absolute Gasteiger partial charge is 0.472 e. The van der Waals surface area contributed by atoms with E-state index < -0.39 is 20.0 Å². The molecule has 0 aromatic rings. The molecular formula is C61H108N2O7P+. The average molecular weight is 1010 g/mol. The number of phosphoric ester groups is 1. The Morgan fingerprint density at radius 1 is 0.507 bits per heavy atom. The van der Waals surface area contributed by atoms with Crippen LogP contribution in [-0.2, 0) is 27.9 Å². The Kier molecular flexibility index (Phi) is 48.3. The van der Waals surface area contributed by atoms with Gasteiger partial charge in [-0.3, -0.25) is 18.6 Å². The van der Waals surface area contributed by atoms with Gasteiger partial charge < -0.3 is 19.4 Å². The number of carbonyl (C=O) groups excluding carboxylic acids is 2. The van der Waals surface area contributed by atoms with Crippen LogP contribution in [0.5, 0.6) is 0 Å². The van der Waals surface area contributed by atoms with E-state index in [9.17, 15) is 19.0 Å². The number of esters is 1. The van der Waals surface area contributed by atoms with Crippen molar-refractivity contribution in [1.29, 1.82) is 0 Å². The highest BCUT2D eigenvalue weighted by atomic mass is 31.2. The first-order valence-corrected chi connectivity index (χ1v) is 30.1. The number of likely N-dealkylation sites (N-methyl/N-ethyl adjacent to an activating group) is 1. The first-order chi connectivity index (χ1) is 34.4. The van der Waals surface area contributed by atoms with Crippen LogP contribution in [0.3, 0.4) is 0 Å². The Hall–Kier alpha value is -3.07. The molecule has 0 rings (SSSR count). The monoisotopic (exact) mass is 1010 g/mol. The van der Waals surface area contributed by atoms with Crippen molar-refractivity contribution in [1.82, 2.24) is 5.32 Å². The second-order valence-electron chi connectivity index (χ2n) is 20.2. The number of ether oxygens (including phenoxy) is 1. The summed E-state index contributed by atoms with van der Waals surface area (Å²) in [5.41, 5.74) is 0. The van der Waals surface area contributed by atoms with Crippen LogP contribution in [-0.4, -0.2) is 74.3 Å². The summed E-state index contributed by atoms with van der Waals surface area (Å²) in [5, 5.41) is 3.03. The smallest absolute Gasteiger partial charge is 0.456 e. The Bertz CT molecular complexity index is 1540. The van der Waals surface area contributed by atoms with Crippen LogP contribution in [0.4, 0.5) is 0 Å². The van der Waals surface area contributed by atoms with Crippen LogP contribution in [0, 0.1) is 0 Å². The van der Waals surface area contributed by atoms with Gasteiger partial charge in [-0.15, -0.1) is 0 Å². The lowest BCUT2D eigenvalue weighted by atomic mass is 10.0. The van der Waals surface area contributed by atoms with Crippen LogP contribution in [0.15, 0.2) is 97.2 Å². The van der Waals surface area contributed by atoms with Crippen molar-refractivity contribution < 1.29 is 37.3 Å². The molecule has 0 bridgehead atoms. The lowest BCUT2D eigenvalue weighted by Crippen LogP contribution is -2.47. The maximum atomic E-state index is 13.5. The van der Waals surface area contributed by atoms with Gasteiger partial charge >= 0.3 is 13.8 Å². The van der Waals surface area contributed by atoms with E-state index in [-0.39, 0.29) is 31.5 Å². The SMILES string of the molecule is CC\C=C/C=C/C=C/C=C\C=C\C=C\CCCCCC(=O)OC(/C=C/CCCCCCCCCCCC)C(COP(=O)(O)OCC[N+](C)(C)C)NC(=O)CCCCCCC/C=C/CCCCCCCCC. The van der Waals surface area contributed by atoms with Crippen molar-refractivity contribution in [3.05, 3.63) is 97.2 Å². The summed E-state index contributed by atoms with van der Waals surface area (Å²) in [5.74, 6) is -0.571. The normalized spacial score (nSPS) is 14.5. The van der Waals surface area contributed by atoms with Crippen LogP contribution in [0.1, 0.15) is 226 Å². The lowest BCUT2D eigenvalue weighted by molar-refractivity contribution is -0.870. The van der Waals surface area contributed by atoms with E-state index in [0.717, 1.165) is 83.5 Å². The first kappa shape index (κ1) is 67.9. The van der Waals surface area contributed by atoms with E-state index in [4.69, 9.17) is 13.8 Å². The molecule has 408 valence electrons. The molecule has 0 saturated carbocycles. The van der Waals surface area contributed by atoms with Crippen LogP contribution < -0.4 is 5.32 Å². The molecule has 0 radical (unpaired) electrons. The highest BCUT2D eigenvalue weighted by Gasteiger charge is 2.30. The molecule has 0 aliphatic rings. The number of allylic oxidation sites excluding steroid dienone is 15. The zero-order chi connectivity index (χ0) is 52.2. The number of hydrogen-bond donors (Lipinski definition) is 2. The summed E-state index contributed by atoms with van der Waals surface area (Å²) in [4.78, 5) is 37.6. The molecule has 0 heterocycles. The maximum Gasteiger partial charge on any atom is 0.472 e. The van der Waals surface area contributed by atoms with E-state index in [1.807, 2.05) is 94.1 Å². The third kappa shape index (κ3) is 51.6. The molecule has 0 fully saturated rings. The second-order valence-corrected chi connectivity index (χ2v) is 21.7. The average Bonchev–Trinajstić information content (AvgIpc) is 3.33. The third-order valence-corrected chi connectivity index (χ3v) is 13.2.